The van der Waals surface area contributed by atoms with E-state index in [9.17, 15) is 0 Å². The Bertz CT molecular complexity index is 566. The molecule has 0 radical (unpaired) electrons. The van der Waals surface area contributed by atoms with Gasteiger partial charge in [0.25, 0.3) is 0 Å². The number of hydrogen-bond donors (Lipinski definition) is 2. The minimum atomic E-state index is 0.230. The predicted octanol–water partition coefficient (Wildman–Crippen LogP) is 3.49. The maximum Gasteiger partial charge on any atom is 0.135 e. The van der Waals surface area contributed by atoms with Crippen molar-refractivity contribution in [1.82, 2.24) is 9.97 Å². The van der Waals surface area contributed by atoms with Gasteiger partial charge in [0, 0.05) is 12.0 Å². The maximum atomic E-state index is 5.96. The van der Waals surface area contributed by atoms with E-state index in [1.54, 1.807) is 0 Å². The average Bonchev–Trinajstić information content (AvgIpc) is 2.49. The summed E-state index contributed by atoms with van der Waals surface area (Å²) in [7, 11) is 0. The molecule has 1 aromatic heterocycles. The molecule has 0 aliphatic heterocycles. The number of nitrogens with one attached hydrogen (secondary N) is 1. The Morgan fingerprint density at radius 2 is 1.85 bits per heavy atom. The summed E-state index contributed by atoms with van der Waals surface area (Å²) in [5.74, 6) is 2.17. The molecule has 2 aromatic rings. The van der Waals surface area contributed by atoms with Gasteiger partial charge >= 0.3 is 0 Å². The van der Waals surface area contributed by atoms with E-state index in [0.717, 1.165) is 30.0 Å². The molecule has 0 saturated carbocycles. The molecule has 2 rings (SSSR count). The molecule has 106 valence electrons. The molecule has 0 aliphatic carbocycles. The van der Waals surface area contributed by atoms with Gasteiger partial charge in [-0.3, -0.25) is 0 Å². The quantitative estimate of drug-likeness (QED) is 0.873. The van der Waals surface area contributed by atoms with Crippen molar-refractivity contribution >= 4 is 11.6 Å². The van der Waals surface area contributed by atoms with E-state index in [4.69, 9.17) is 5.73 Å². The molecule has 0 fully saturated rings. The fourth-order valence-corrected chi connectivity index (χ4v) is 2.15. The van der Waals surface area contributed by atoms with Gasteiger partial charge in [0.1, 0.15) is 17.5 Å². The number of anilines is 2. The Hall–Kier alpha value is -2.10. The van der Waals surface area contributed by atoms with Gasteiger partial charge < -0.3 is 11.1 Å². The fourth-order valence-electron chi connectivity index (χ4n) is 2.15. The molecule has 4 heteroatoms. The zero-order chi connectivity index (χ0) is 14.5. The lowest BCUT2D eigenvalue weighted by molar-refractivity contribution is 0.740. The van der Waals surface area contributed by atoms with E-state index in [1.165, 1.54) is 5.56 Å². The van der Waals surface area contributed by atoms with E-state index in [0.29, 0.717) is 5.82 Å². The van der Waals surface area contributed by atoms with E-state index in [-0.39, 0.29) is 6.04 Å². The molecule has 3 N–H and O–H groups in total. The summed E-state index contributed by atoms with van der Waals surface area (Å²) in [5.41, 5.74) is 8.13. The van der Waals surface area contributed by atoms with Crippen LogP contribution in [-0.4, -0.2) is 9.97 Å². The largest absolute Gasteiger partial charge is 0.383 e. The van der Waals surface area contributed by atoms with E-state index < -0.39 is 0 Å². The molecule has 1 atom stereocenters. The molecule has 0 spiro atoms. The molecule has 0 saturated heterocycles. The summed E-state index contributed by atoms with van der Waals surface area (Å²) in [6.45, 7) is 6.14. The average molecular weight is 270 g/mol. The molecule has 1 unspecified atom stereocenters. The second kappa shape index (κ2) is 6.37. The summed E-state index contributed by atoms with van der Waals surface area (Å²) in [5, 5.41) is 3.50. The Morgan fingerprint density at radius 1 is 1.15 bits per heavy atom. The fraction of sp³-hybridized carbons (Fsp3) is 0.375. The van der Waals surface area contributed by atoms with Crippen LogP contribution in [0.5, 0.6) is 0 Å². The Balaban J connectivity index is 2.30. The van der Waals surface area contributed by atoms with E-state index >= 15 is 0 Å². The van der Waals surface area contributed by atoms with Crippen molar-refractivity contribution in [3.8, 4) is 0 Å². The number of aryl methyl sites for hydroxylation is 1. The van der Waals surface area contributed by atoms with Crippen molar-refractivity contribution < 1.29 is 0 Å². The normalized spacial score (nSPS) is 12.2. The number of nitrogens with two attached hydrogens (primary N) is 1. The van der Waals surface area contributed by atoms with Crippen LogP contribution in [0.4, 0.5) is 11.6 Å². The summed E-state index contributed by atoms with van der Waals surface area (Å²) in [4.78, 5) is 8.85. The van der Waals surface area contributed by atoms with E-state index in [2.05, 4.69) is 46.5 Å². The van der Waals surface area contributed by atoms with Crippen molar-refractivity contribution in [1.29, 1.82) is 0 Å². The smallest absolute Gasteiger partial charge is 0.135 e. The van der Waals surface area contributed by atoms with Crippen LogP contribution in [0.2, 0.25) is 0 Å². The SMILES string of the molecule is CCc1nc(N)c(C)c(NC(CC)c2ccccc2)n1. The zero-order valence-corrected chi connectivity index (χ0v) is 12.4. The van der Waals surface area contributed by atoms with Gasteiger partial charge in [-0.2, -0.15) is 0 Å². The number of aromatic nitrogens is 2. The summed E-state index contributed by atoms with van der Waals surface area (Å²) < 4.78 is 0. The first-order chi connectivity index (χ1) is 9.65. The lowest BCUT2D eigenvalue weighted by atomic mass is 10.0. The van der Waals surface area contributed by atoms with Crippen molar-refractivity contribution in [3.63, 3.8) is 0 Å². The highest BCUT2D eigenvalue weighted by Crippen LogP contribution is 2.25. The number of hydrogen-bond acceptors (Lipinski definition) is 4. The van der Waals surface area contributed by atoms with Crippen LogP contribution in [0, 0.1) is 6.92 Å². The standard InChI is InChI=1S/C16H22N4/c1-4-13(12-9-7-6-8-10-12)18-16-11(3)15(17)19-14(5-2)20-16/h6-10,13H,4-5H2,1-3H3,(H3,17,18,19,20). The van der Waals surface area contributed by atoms with Crippen LogP contribution in [0.15, 0.2) is 30.3 Å². The van der Waals surface area contributed by atoms with Crippen LogP contribution >= 0.6 is 0 Å². The van der Waals surface area contributed by atoms with Crippen molar-refractivity contribution in [2.75, 3.05) is 11.1 Å². The molecule has 1 aromatic carbocycles. The first kappa shape index (κ1) is 14.3. The zero-order valence-electron chi connectivity index (χ0n) is 12.4. The summed E-state index contributed by atoms with van der Waals surface area (Å²) >= 11 is 0. The molecule has 0 bridgehead atoms. The van der Waals surface area contributed by atoms with Gasteiger partial charge in [0.05, 0.1) is 6.04 Å². The van der Waals surface area contributed by atoms with Gasteiger partial charge in [-0.05, 0) is 18.9 Å². The topological polar surface area (TPSA) is 63.8 Å². The second-order valence-electron chi connectivity index (χ2n) is 4.87. The van der Waals surface area contributed by atoms with Gasteiger partial charge in [-0.25, -0.2) is 9.97 Å². The van der Waals surface area contributed by atoms with Gasteiger partial charge in [0.15, 0.2) is 0 Å². The van der Waals surface area contributed by atoms with Crippen LogP contribution in [0.3, 0.4) is 0 Å². The lowest BCUT2D eigenvalue weighted by Gasteiger charge is -2.20. The third-order valence-corrected chi connectivity index (χ3v) is 3.47. The Labute approximate surface area is 120 Å². The van der Waals surface area contributed by atoms with Crippen LogP contribution in [0.25, 0.3) is 0 Å². The lowest BCUT2D eigenvalue weighted by Crippen LogP contribution is -2.14. The molecular weight excluding hydrogens is 248 g/mol. The third-order valence-electron chi connectivity index (χ3n) is 3.47. The van der Waals surface area contributed by atoms with Crippen molar-refractivity contribution in [2.45, 2.75) is 39.7 Å². The minimum Gasteiger partial charge on any atom is -0.383 e. The minimum absolute atomic E-state index is 0.230. The summed E-state index contributed by atoms with van der Waals surface area (Å²) in [6.07, 6.45) is 1.76. The molecule has 0 aliphatic rings. The van der Waals surface area contributed by atoms with Crippen molar-refractivity contribution in [3.05, 3.63) is 47.3 Å². The monoisotopic (exact) mass is 270 g/mol. The molecule has 4 nitrogen and oxygen atoms in total. The molecule has 1 heterocycles. The van der Waals surface area contributed by atoms with Gasteiger partial charge in [-0.15, -0.1) is 0 Å². The Kier molecular flexibility index (Phi) is 4.56. The van der Waals surface area contributed by atoms with Crippen LogP contribution in [0.1, 0.15) is 43.3 Å². The van der Waals surface area contributed by atoms with Crippen LogP contribution < -0.4 is 11.1 Å². The van der Waals surface area contributed by atoms with E-state index in [1.807, 2.05) is 19.9 Å². The highest BCUT2D eigenvalue weighted by atomic mass is 15.1. The van der Waals surface area contributed by atoms with Gasteiger partial charge in [0.2, 0.25) is 0 Å². The predicted molar refractivity (Wildman–Crippen MR) is 83.7 cm³/mol. The summed E-state index contributed by atoms with van der Waals surface area (Å²) in [6, 6.07) is 10.6. The van der Waals surface area contributed by atoms with Crippen LogP contribution in [-0.2, 0) is 6.42 Å². The molecule has 0 amide bonds. The first-order valence-corrected chi connectivity index (χ1v) is 7.10. The highest BCUT2D eigenvalue weighted by molar-refractivity contribution is 5.55. The highest BCUT2D eigenvalue weighted by Gasteiger charge is 2.13. The number of benzene rings is 1. The number of nitrogens with zero attached hydrogens (tertiary/aromatic N) is 2. The third kappa shape index (κ3) is 3.07. The number of rotatable bonds is 5. The van der Waals surface area contributed by atoms with Gasteiger partial charge in [-0.1, -0.05) is 44.2 Å². The second-order valence-corrected chi connectivity index (χ2v) is 4.87. The Morgan fingerprint density at radius 3 is 2.45 bits per heavy atom. The number of nitrogen functional groups attached to an aromatic ring is 1. The van der Waals surface area contributed by atoms with Crippen molar-refractivity contribution in [2.24, 2.45) is 0 Å². The maximum absolute atomic E-state index is 5.96. The molecule has 20 heavy (non-hydrogen) atoms. The molecular formula is C16H22N4. The first-order valence-electron chi connectivity index (χ1n) is 7.10.